The zero-order valence-corrected chi connectivity index (χ0v) is 17.6. The van der Waals surface area contributed by atoms with Crippen LogP contribution < -0.4 is 20.1 Å². The van der Waals surface area contributed by atoms with Gasteiger partial charge in [0.1, 0.15) is 0 Å². The summed E-state index contributed by atoms with van der Waals surface area (Å²) >= 11 is 0. The monoisotopic (exact) mass is 404 g/mol. The Morgan fingerprint density at radius 2 is 1.62 bits per heavy atom. The molecule has 2 aliphatic heterocycles. The number of hydrogen-bond donors (Lipinski definition) is 2. The van der Waals surface area contributed by atoms with Gasteiger partial charge in [-0.1, -0.05) is 6.07 Å². The first-order chi connectivity index (χ1) is 13.8. The van der Waals surface area contributed by atoms with Gasteiger partial charge >= 0.3 is 0 Å². The number of carbonyl (C=O) groups is 2. The summed E-state index contributed by atoms with van der Waals surface area (Å²) in [5.41, 5.74) is 0.764. The molecule has 1 saturated heterocycles. The summed E-state index contributed by atoms with van der Waals surface area (Å²) < 4.78 is 10.7. The van der Waals surface area contributed by atoms with Gasteiger partial charge in [-0.3, -0.25) is 19.4 Å². The summed E-state index contributed by atoms with van der Waals surface area (Å²) in [7, 11) is 0. The Hall–Kier alpha value is -2.32. The molecule has 1 aromatic carbocycles. The van der Waals surface area contributed by atoms with Crippen LogP contribution in [0.2, 0.25) is 0 Å². The van der Waals surface area contributed by atoms with Crippen molar-refractivity contribution in [2.24, 2.45) is 0 Å². The molecule has 8 heteroatoms. The Morgan fingerprint density at radius 3 is 2.31 bits per heavy atom. The van der Waals surface area contributed by atoms with Crippen molar-refractivity contribution >= 4 is 11.8 Å². The van der Waals surface area contributed by atoms with E-state index in [9.17, 15) is 9.59 Å². The number of nitrogens with one attached hydrogen (secondary N) is 2. The lowest BCUT2D eigenvalue weighted by Gasteiger charge is -2.25. The third kappa shape index (κ3) is 6.90. The van der Waals surface area contributed by atoms with Gasteiger partial charge in [0.2, 0.25) is 18.6 Å². The largest absolute Gasteiger partial charge is 0.454 e. The number of rotatable bonds is 6. The molecule has 0 radical (unpaired) electrons. The highest BCUT2D eigenvalue weighted by atomic mass is 16.7. The van der Waals surface area contributed by atoms with Crippen LogP contribution in [0.4, 0.5) is 0 Å². The first-order valence-electron chi connectivity index (χ1n) is 10.2. The van der Waals surface area contributed by atoms with Crippen LogP contribution in [-0.2, 0) is 16.1 Å². The van der Waals surface area contributed by atoms with Gasteiger partial charge < -0.3 is 20.1 Å². The molecule has 160 valence electrons. The molecule has 0 bridgehead atoms. The summed E-state index contributed by atoms with van der Waals surface area (Å²) in [6.07, 6.45) is 0.943. The van der Waals surface area contributed by atoms with Gasteiger partial charge in [-0.05, 0) is 58.0 Å². The van der Waals surface area contributed by atoms with Crippen molar-refractivity contribution in [1.82, 2.24) is 20.4 Å². The van der Waals surface area contributed by atoms with E-state index in [0.717, 1.165) is 49.7 Å². The number of fused-ring (bicyclic) bond motifs is 1. The second kappa shape index (κ2) is 9.45. The van der Waals surface area contributed by atoms with Gasteiger partial charge in [-0.25, -0.2) is 0 Å². The first kappa shape index (κ1) is 21.4. The molecular formula is C21H32N4O4. The van der Waals surface area contributed by atoms with E-state index in [0.29, 0.717) is 19.6 Å². The van der Waals surface area contributed by atoms with Crippen molar-refractivity contribution in [2.45, 2.75) is 39.3 Å². The fourth-order valence-electron chi connectivity index (χ4n) is 3.51. The van der Waals surface area contributed by atoms with Crippen molar-refractivity contribution in [3.05, 3.63) is 23.8 Å². The summed E-state index contributed by atoms with van der Waals surface area (Å²) in [5, 5.41) is 5.98. The molecule has 0 unspecified atom stereocenters. The normalized spacial score (nSPS) is 17.6. The minimum atomic E-state index is -0.217. The summed E-state index contributed by atoms with van der Waals surface area (Å²) in [6, 6.07) is 5.69. The predicted octanol–water partition coefficient (Wildman–Crippen LogP) is 0.954. The second-order valence-electron chi connectivity index (χ2n) is 8.67. The Kier molecular flexibility index (Phi) is 6.97. The van der Waals surface area contributed by atoms with Gasteiger partial charge in [0.25, 0.3) is 0 Å². The minimum Gasteiger partial charge on any atom is -0.454 e. The minimum absolute atomic E-state index is 0.00147. The SMILES string of the molecule is CC(C)(C)NC(=O)CN1CCCN(CC(=O)NCc2ccc3c(c2)OCO3)CC1. The van der Waals surface area contributed by atoms with Gasteiger partial charge in [-0.2, -0.15) is 0 Å². The average Bonchev–Trinajstić information content (AvgIpc) is 2.99. The highest BCUT2D eigenvalue weighted by Gasteiger charge is 2.21. The van der Waals surface area contributed by atoms with Crippen LogP contribution in [0.5, 0.6) is 11.5 Å². The molecule has 3 rings (SSSR count). The predicted molar refractivity (Wildman–Crippen MR) is 110 cm³/mol. The molecule has 1 fully saturated rings. The van der Waals surface area contributed by atoms with E-state index in [1.54, 1.807) is 0 Å². The van der Waals surface area contributed by atoms with E-state index < -0.39 is 0 Å². The topological polar surface area (TPSA) is 83.1 Å². The van der Waals surface area contributed by atoms with Crippen molar-refractivity contribution in [3.8, 4) is 11.5 Å². The highest BCUT2D eigenvalue weighted by molar-refractivity contribution is 5.79. The highest BCUT2D eigenvalue weighted by Crippen LogP contribution is 2.32. The molecule has 2 amide bonds. The Morgan fingerprint density at radius 1 is 0.966 bits per heavy atom. The first-order valence-corrected chi connectivity index (χ1v) is 10.2. The van der Waals surface area contributed by atoms with Crippen LogP contribution in [-0.4, -0.2) is 73.2 Å². The molecule has 2 aliphatic rings. The summed E-state index contributed by atoms with van der Waals surface area (Å²) in [5.74, 6) is 1.51. The summed E-state index contributed by atoms with van der Waals surface area (Å²) in [4.78, 5) is 28.8. The lowest BCUT2D eigenvalue weighted by Crippen LogP contribution is -2.46. The Bertz CT molecular complexity index is 732. The maximum absolute atomic E-state index is 12.4. The standard InChI is InChI=1S/C21H32N4O4/c1-21(2,3)23-20(27)14-25-8-4-7-24(9-10-25)13-19(26)22-12-16-5-6-17-18(11-16)29-15-28-17/h5-6,11H,4,7-10,12-15H2,1-3H3,(H,22,26)(H,23,27). The van der Waals surface area contributed by atoms with E-state index in [1.807, 2.05) is 39.0 Å². The smallest absolute Gasteiger partial charge is 0.234 e. The number of hydrogen-bond acceptors (Lipinski definition) is 6. The third-order valence-electron chi connectivity index (χ3n) is 4.86. The number of nitrogens with zero attached hydrogens (tertiary/aromatic N) is 2. The molecule has 29 heavy (non-hydrogen) atoms. The molecule has 2 heterocycles. The van der Waals surface area contributed by atoms with Gasteiger partial charge in [-0.15, -0.1) is 0 Å². The fraction of sp³-hybridized carbons (Fsp3) is 0.619. The number of amides is 2. The number of benzene rings is 1. The Balaban J connectivity index is 1.39. The average molecular weight is 405 g/mol. The van der Waals surface area contributed by atoms with Crippen molar-refractivity contribution in [2.75, 3.05) is 46.1 Å². The zero-order chi connectivity index (χ0) is 20.9. The van der Waals surface area contributed by atoms with E-state index in [4.69, 9.17) is 9.47 Å². The van der Waals surface area contributed by atoms with Gasteiger partial charge in [0.15, 0.2) is 11.5 Å². The maximum atomic E-state index is 12.4. The molecular weight excluding hydrogens is 372 g/mol. The van der Waals surface area contributed by atoms with Gasteiger partial charge in [0.05, 0.1) is 13.1 Å². The van der Waals surface area contributed by atoms with Crippen LogP contribution >= 0.6 is 0 Å². The van der Waals surface area contributed by atoms with E-state index in [1.165, 1.54) is 0 Å². The molecule has 0 aliphatic carbocycles. The maximum Gasteiger partial charge on any atom is 0.234 e. The van der Waals surface area contributed by atoms with Crippen LogP contribution in [0.25, 0.3) is 0 Å². The molecule has 0 aromatic heterocycles. The number of carbonyl (C=O) groups excluding carboxylic acids is 2. The van der Waals surface area contributed by atoms with Crippen molar-refractivity contribution < 1.29 is 19.1 Å². The Labute approximate surface area is 172 Å². The van der Waals surface area contributed by atoms with Crippen LogP contribution in [0.15, 0.2) is 18.2 Å². The van der Waals surface area contributed by atoms with E-state index in [2.05, 4.69) is 20.4 Å². The van der Waals surface area contributed by atoms with E-state index >= 15 is 0 Å². The van der Waals surface area contributed by atoms with Crippen LogP contribution in [0.1, 0.15) is 32.8 Å². The summed E-state index contributed by atoms with van der Waals surface area (Å²) in [6.45, 7) is 10.7. The molecule has 2 N–H and O–H groups in total. The second-order valence-corrected chi connectivity index (χ2v) is 8.67. The van der Waals surface area contributed by atoms with E-state index in [-0.39, 0.29) is 24.1 Å². The van der Waals surface area contributed by atoms with Crippen LogP contribution in [0, 0.1) is 0 Å². The zero-order valence-electron chi connectivity index (χ0n) is 17.6. The molecule has 0 atom stereocenters. The van der Waals surface area contributed by atoms with Crippen molar-refractivity contribution in [3.63, 3.8) is 0 Å². The number of ether oxygens (including phenoxy) is 2. The molecule has 0 spiro atoms. The molecule has 8 nitrogen and oxygen atoms in total. The molecule has 0 saturated carbocycles. The van der Waals surface area contributed by atoms with Crippen molar-refractivity contribution in [1.29, 1.82) is 0 Å². The lowest BCUT2D eigenvalue weighted by atomic mass is 10.1. The quantitative estimate of drug-likeness (QED) is 0.735. The third-order valence-corrected chi connectivity index (χ3v) is 4.86. The van der Waals surface area contributed by atoms with Crippen LogP contribution in [0.3, 0.4) is 0 Å². The fourth-order valence-corrected chi connectivity index (χ4v) is 3.51. The molecule has 1 aromatic rings. The van der Waals surface area contributed by atoms with Gasteiger partial charge in [0, 0.05) is 25.2 Å². The lowest BCUT2D eigenvalue weighted by molar-refractivity contribution is -0.124.